The van der Waals surface area contributed by atoms with E-state index in [0.717, 1.165) is 51.7 Å². The molecule has 1 aliphatic rings. The van der Waals surface area contributed by atoms with Gasteiger partial charge < -0.3 is 24.1 Å². The van der Waals surface area contributed by atoms with Crippen LogP contribution in [0.2, 0.25) is 0 Å². The third kappa shape index (κ3) is 11.6. The van der Waals surface area contributed by atoms with Gasteiger partial charge in [-0.15, -0.1) is 0 Å². The number of carboxylic acid groups (broad SMARTS) is 1. The molecule has 0 aromatic rings. The van der Waals surface area contributed by atoms with Crippen LogP contribution in [0, 0.1) is 0 Å². The number of aliphatic carboxylic acids is 1. The maximum Gasteiger partial charge on any atom is 0.329 e. The van der Waals surface area contributed by atoms with Crippen LogP contribution in [0.1, 0.15) is 44.9 Å². The molecule has 1 heterocycles. The first-order chi connectivity index (χ1) is 10.3. The standard InChI is InChI=1S/C15H28O6/c16-14(17)13-19-9-4-1-3-8-18-10-6-12-21-15-7-2-5-11-20-15/h15H,1-13H2,(H,16,17). The average Bonchev–Trinajstić information content (AvgIpc) is 2.49. The highest BCUT2D eigenvalue weighted by molar-refractivity contribution is 5.67. The van der Waals surface area contributed by atoms with Gasteiger partial charge in [-0.1, -0.05) is 0 Å². The zero-order valence-electron chi connectivity index (χ0n) is 12.8. The van der Waals surface area contributed by atoms with E-state index in [-0.39, 0.29) is 12.9 Å². The van der Waals surface area contributed by atoms with Gasteiger partial charge in [0.2, 0.25) is 0 Å². The van der Waals surface area contributed by atoms with E-state index in [9.17, 15) is 4.79 Å². The molecule has 1 rings (SSSR count). The Bertz CT molecular complexity index is 253. The summed E-state index contributed by atoms with van der Waals surface area (Å²) in [7, 11) is 0. The van der Waals surface area contributed by atoms with Gasteiger partial charge in [0.25, 0.3) is 0 Å². The topological polar surface area (TPSA) is 74.2 Å². The first kappa shape index (κ1) is 18.4. The minimum absolute atomic E-state index is 0.00967. The first-order valence-electron chi connectivity index (χ1n) is 7.89. The molecule has 0 saturated carbocycles. The van der Waals surface area contributed by atoms with Gasteiger partial charge in [-0.25, -0.2) is 4.79 Å². The molecule has 0 amide bonds. The van der Waals surface area contributed by atoms with Crippen LogP contribution < -0.4 is 0 Å². The van der Waals surface area contributed by atoms with Crippen LogP contribution in [0.5, 0.6) is 0 Å². The predicted octanol–water partition coefficient (Wildman–Crippen LogP) is 2.21. The smallest absolute Gasteiger partial charge is 0.329 e. The van der Waals surface area contributed by atoms with Gasteiger partial charge in [0.15, 0.2) is 6.29 Å². The third-order valence-corrected chi connectivity index (χ3v) is 3.18. The van der Waals surface area contributed by atoms with Gasteiger partial charge >= 0.3 is 5.97 Å². The summed E-state index contributed by atoms with van der Waals surface area (Å²) < 4.78 is 21.5. The Morgan fingerprint density at radius 2 is 1.76 bits per heavy atom. The summed E-state index contributed by atoms with van der Waals surface area (Å²) in [5, 5.41) is 8.38. The SMILES string of the molecule is O=C(O)COCCCCCOCCCOC1CCCCO1. The molecule has 124 valence electrons. The summed E-state index contributed by atoms with van der Waals surface area (Å²) in [5.41, 5.74) is 0. The van der Waals surface area contributed by atoms with Gasteiger partial charge in [-0.05, 0) is 44.9 Å². The fourth-order valence-corrected chi connectivity index (χ4v) is 2.06. The van der Waals surface area contributed by atoms with Crippen LogP contribution in [0.25, 0.3) is 0 Å². The van der Waals surface area contributed by atoms with Gasteiger partial charge in [0.05, 0.1) is 6.61 Å². The molecule has 0 aliphatic carbocycles. The summed E-state index contributed by atoms with van der Waals surface area (Å²) in [4.78, 5) is 10.2. The minimum Gasteiger partial charge on any atom is -0.480 e. The fraction of sp³-hybridized carbons (Fsp3) is 0.933. The van der Waals surface area contributed by atoms with Crippen LogP contribution >= 0.6 is 0 Å². The molecule has 1 unspecified atom stereocenters. The predicted molar refractivity (Wildman–Crippen MR) is 77.3 cm³/mol. The second kappa shape index (κ2) is 13.0. The lowest BCUT2D eigenvalue weighted by atomic mass is 10.2. The highest BCUT2D eigenvalue weighted by atomic mass is 16.7. The molecule has 0 radical (unpaired) electrons. The second-order valence-corrected chi connectivity index (χ2v) is 5.14. The van der Waals surface area contributed by atoms with E-state index in [2.05, 4.69) is 0 Å². The fourth-order valence-electron chi connectivity index (χ4n) is 2.06. The molecule has 1 fully saturated rings. The number of carboxylic acids is 1. The van der Waals surface area contributed by atoms with Crippen molar-refractivity contribution in [1.29, 1.82) is 0 Å². The molecule has 1 atom stereocenters. The quantitative estimate of drug-likeness (QED) is 0.526. The molecule has 1 saturated heterocycles. The molecule has 0 spiro atoms. The lowest BCUT2D eigenvalue weighted by Gasteiger charge is -2.22. The van der Waals surface area contributed by atoms with Crippen LogP contribution in [0.15, 0.2) is 0 Å². The Morgan fingerprint density at radius 1 is 1.00 bits per heavy atom. The maximum absolute atomic E-state index is 10.2. The van der Waals surface area contributed by atoms with Crippen molar-refractivity contribution in [2.45, 2.75) is 51.2 Å². The molecule has 0 aromatic heterocycles. The summed E-state index contributed by atoms with van der Waals surface area (Å²) in [6.07, 6.45) is 7.06. The average molecular weight is 304 g/mol. The number of ether oxygens (including phenoxy) is 4. The van der Waals surface area contributed by atoms with E-state index in [1.165, 1.54) is 6.42 Å². The number of carbonyl (C=O) groups is 1. The van der Waals surface area contributed by atoms with Crippen LogP contribution in [-0.2, 0) is 23.7 Å². The van der Waals surface area contributed by atoms with Crippen LogP contribution in [-0.4, -0.2) is 57.0 Å². The molecular formula is C15H28O6. The van der Waals surface area contributed by atoms with Crippen molar-refractivity contribution in [3.63, 3.8) is 0 Å². The molecule has 6 nitrogen and oxygen atoms in total. The van der Waals surface area contributed by atoms with Crippen molar-refractivity contribution in [1.82, 2.24) is 0 Å². The zero-order valence-corrected chi connectivity index (χ0v) is 12.8. The van der Waals surface area contributed by atoms with Gasteiger partial charge in [0.1, 0.15) is 6.61 Å². The van der Waals surface area contributed by atoms with Crippen molar-refractivity contribution in [3.8, 4) is 0 Å². The lowest BCUT2D eigenvalue weighted by molar-refractivity contribution is -0.164. The van der Waals surface area contributed by atoms with E-state index < -0.39 is 5.97 Å². The van der Waals surface area contributed by atoms with Crippen molar-refractivity contribution in [2.75, 3.05) is 39.6 Å². The van der Waals surface area contributed by atoms with Crippen molar-refractivity contribution in [3.05, 3.63) is 0 Å². The Balaban J connectivity index is 1.71. The summed E-state index contributed by atoms with van der Waals surface area (Å²) >= 11 is 0. The van der Waals surface area contributed by atoms with E-state index in [4.69, 9.17) is 24.1 Å². The van der Waals surface area contributed by atoms with Crippen LogP contribution in [0.4, 0.5) is 0 Å². The maximum atomic E-state index is 10.2. The molecule has 1 aliphatic heterocycles. The molecule has 0 bridgehead atoms. The number of hydrogen-bond donors (Lipinski definition) is 1. The van der Waals surface area contributed by atoms with Gasteiger partial charge in [-0.3, -0.25) is 0 Å². The number of hydrogen-bond acceptors (Lipinski definition) is 5. The summed E-state index contributed by atoms with van der Waals surface area (Å²) in [6, 6.07) is 0. The van der Waals surface area contributed by atoms with Crippen molar-refractivity contribution < 1.29 is 28.8 Å². The molecule has 1 N–H and O–H groups in total. The van der Waals surface area contributed by atoms with E-state index in [0.29, 0.717) is 19.8 Å². The summed E-state index contributed by atoms with van der Waals surface area (Å²) in [6.45, 7) is 3.24. The highest BCUT2D eigenvalue weighted by Gasteiger charge is 2.13. The Hall–Kier alpha value is -0.690. The van der Waals surface area contributed by atoms with E-state index >= 15 is 0 Å². The zero-order chi connectivity index (χ0) is 15.2. The highest BCUT2D eigenvalue weighted by Crippen LogP contribution is 2.13. The molecular weight excluding hydrogens is 276 g/mol. The Morgan fingerprint density at radius 3 is 2.48 bits per heavy atom. The lowest BCUT2D eigenvalue weighted by Crippen LogP contribution is -2.23. The second-order valence-electron chi connectivity index (χ2n) is 5.14. The van der Waals surface area contributed by atoms with Crippen molar-refractivity contribution >= 4 is 5.97 Å². The number of rotatable bonds is 13. The van der Waals surface area contributed by atoms with Crippen molar-refractivity contribution in [2.24, 2.45) is 0 Å². The third-order valence-electron chi connectivity index (χ3n) is 3.18. The summed E-state index contributed by atoms with van der Waals surface area (Å²) in [5.74, 6) is -0.917. The normalized spacial score (nSPS) is 18.8. The Labute approximate surface area is 126 Å². The number of unbranched alkanes of at least 4 members (excludes halogenated alkanes) is 2. The monoisotopic (exact) mass is 304 g/mol. The van der Waals surface area contributed by atoms with Gasteiger partial charge in [-0.2, -0.15) is 0 Å². The molecule has 0 aromatic carbocycles. The largest absolute Gasteiger partial charge is 0.480 e. The Kier molecular flexibility index (Phi) is 11.4. The molecule has 21 heavy (non-hydrogen) atoms. The van der Waals surface area contributed by atoms with E-state index in [1.807, 2.05) is 0 Å². The first-order valence-corrected chi connectivity index (χ1v) is 7.89. The van der Waals surface area contributed by atoms with Crippen LogP contribution in [0.3, 0.4) is 0 Å². The minimum atomic E-state index is -0.917. The van der Waals surface area contributed by atoms with Gasteiger partial charge in [0, 0.05) is 26.4 Å². The molecule has 6 heteroatoms. The van der Waals surface area contributed by atoms with E-state index in [1.54, 1.807) is 0 Å².